The van der Waals surface area contributed by atoms with Gasteiger partial charge in [-0.15, -0.1) is 0 Å². The molecule has 1 saturated carbocycles. The van der Waals surface area contributed by atoms with Gasteiger partial charge >= 0.3 is 5.97 Å². The molecular formula is C19H23FN2O4. The van der Waals surface area contributed by atoms with Crippen LogP contribution in [0.1, 0.15) is 59.2 Å². The van der Waals surface area contributed by atoms with Gasteiger partial charge in [0.15, 0.2) is 0 Å². The molecule has 1 aliphatic heterocycles. The quantitative estimate of drug-likeness (QED) is 0.861. The molecule has 2 aliphatic rings. The van der Waals surface area contributed by atoms with Gasteiger partial charge in [-0.25, -0.2) is 9.18 Å². The highest BCUT2D eigenvalue weighted by Crippen LogP contribution is 2.27. The number of amides is 2. The smallest absolute Gasteiger partial charge is 0.335 e. The molecule has 2 N–H and O–H groups in total. The molecule has 1 heterocycles. The minimum absolute atomic E-state index is 0.0965. The van der Waals surface area contributed by atoms with Crippen molar-refractivity contribution in [2.45, 2.75) is 44.6 Å². The molecule has 1 aromatic carbocycles. The highest BCUT2D eigenvalue weighted by Gasteiger charge is 2.32. The number of benzene rings is 1. The van der Waals surface area contributed by atoms with Crippen LogP contribution in [-0.2, 0) is 4.79 Å². The number of nitrogens with zero attached hydrogens (tertiary/aromatic N) is 1. The Labute approximate surface area is 151 Å². The van der Waals surface area contributed by atoms with E-state index in [1.807, 2.05) is 0 Å². The van der Waals surface area contributed by atoms with Crippen LogP contribution in [0, 0.1) is 11.7 Å². The number of hydrogen-bond acceptors (Lipinski definition) is 3. The maximum Gasteiger partial charge on any atom is 0.335 e. The minimum atomic E-state index is -1.25. The Hall–Kier alpha value is -2.44. The topological polar surface area (TPSA) is 86.7 Å². The van der Waals surface area contributed by atoms with Gasteiger partial charge in [0.25, 0.3) is 5.91 Å². The van der Waals surface area contributed by atoms with Crippen molar-refractivity contribution in [1.82, 2.24) is 10.2 Å². The molecular weight excluding hydrogens is 339 g/mol. The minimum Gasteiger partial charge on any atom is -0.478 e. The first-order valence-electron chi connectivity index (χ1n) is 9.08. The molecule has 0 radical (unpaired) electrons. The van der Waals surface area contributed by atoms with Crippen LogP contribution in [-0.4, -0.2) is 46.9 Å². The van der Waals surface area contributed by atoms with Crippen molar-refractivity contribution in [1.29, 1.82) is 0 Å². The second kappa shape index (κ2) is 7.85. The second-order valence-electron chi connectivity index (χ2n) is 7.08. The van der Waals surface area contributed by atoms with Crippen LogP contribution in [0.2, 0.25) is 0 Å². The van der Waals surface area contributed by atoms with Crippen LogP contribution in [0.5, 0.6) is 0 Å². The molecule has 0 bridgehead atoms. The van der Waals surface area contributed by atoms with E-state index in [0.29, 0.717) is 19.5 Å². The fraction of sp³-hybridized carbons (Fsp3) is 0.526. The summed E-state index contributed by atoms with van der Waals surface area (Å²) in [5.74, 6) is -2.44. The number of carboxylic acid groups (broad SMARTS) is 1. The van der Waals surface area contributed by atoms with Gasteiger partial charge < -0.3 is 15.3 Å². The number of carbonyl (C=O) groups is 3. The van der Waals surface area contributed by atoms with Gasteiger partial charge in [-0.1, -0.05) is 19.3 Å². The van der Waals surface area contributed by atoms with E-state index in [-0.39, 0.29) is 29.0 Å². The number of rotatable bonds is 4. The van der Waals surface area contributed by atoms with Gasteiger partial charge in [0.2, 0.25) is 5.91 Å². The van der Waals surface area contributed by atoms with E-state index in [0.717, 1.165) is 31.7 Å². The van der Waals surface area contributed by atoms with Gasteiger partial charge in [-0.05, 0) is 37.5 Å². The zero-order chi connectivity index (χ0) is 18.7. The van der Waals surface area contributed by atoms with Crippen molar-refractivity contribution in [3.8, 4) is 0 Å². The third-order valence-corrected chi connectivity index (χ3v) is 5.25. The highest BCUT2D eigenvalue weighted by molar-refractivity contribution is 5.96. The van der Waals surface area contributed by atoms with E-state index >= 15 is 0 Å². The Morgan fingerprint density at radius 1 is 1.12 bits per heavy atom. The lowest BCUT2D eigenvalue weighted by Gasteiger charge is -2.26. The summed E-state index contributed by atoms with van der Waals surface area (Å²) in [5.41, 5.74) is -0.392. The second-order valence-corrected chi connectivity index (χ2v) is 7.08. The molecule has 3 rings (SSSR count). The predicted octanol–water partition coefficient (Wildman–Crippen LogP) is 2.43. The number of nitrogens with one attached hydrogen (secondary N) is 1. The molecule has 1 saturated heterocycles. The number of aromatic carboxylic acids is 1. The van der Waals surface area contributed by atoms with Crippen LogP contribution in [0.4, 0.5) is 4.39 Å². The normalized spacial score (nSPS) is 20.8. The van der Waals surface area contributed by atoms with E-state index in [4.69, 9.17) is 5.11 Å². The van der Waals surface area contributed by atoms with Crippen molar-refractivity contribution in [3.63, 3.8) is 0 Å². The van der Waals surface area contributed by atoms with Gasteiger partial charge in [0.05, 0.1) is 11.1 Å². The lowest BCUT2D eigenvalue weighted by atomic mass is 9.88. The van der Waals surface area contributed by atoms with Crippen molar-refractivity contribution in [3.05, 3.63) is 35.1 Å². The molecule has 6 nitrogen and oxygen atoms in total. The first-order valence-corrected chi connectivity index (χ1v) is 9.08. The summed E-state index contributed by atoms with van der Waals surface area (Å²) in [4.78, 5) is 37.5. The molecule has 1 aliphatic carbocycles. The van der Waals surface area contributed by atoms with E-state index in [1.54, 1.807) is 4.90 Å². The van der Waals surface area contributed by atoms with E-state index in [2.05, 4.69) is 5.32 Å². The highest BCUT2D eigenvalue weighted by atomic mass is 19.1. The van der Waals surface area contributed by atoms with Crippen LogP contribution >= 0.6 is 0 Å². The van der Waals surface area contributed by atoms with Gasteiger partial charge in [0, 0.05) is 25.0 Å². The average molecular weight is 362 g/mol. The zero-order valence-corrected chi connectivity index (χ0v) is 14.5. The summed E-state index contributed by atoms with van der Waals surface area (Å²) in [6, 6.07) is 3.00. The standard InChI is InChI=1S/C19H23FN2O4/c20-16-10-13(19(25)26)6-7-15(16)17(23)21-14-8-9-22(11-14)18(24)12-4-2-1-3-5-12/h6-7,10,12,14H,1-5,8-9,11H2,(H,21,23)(H,25,26). The maximum absolute atomic E-state index is 14.0. The zero-order valence-electron chi connectivity index (χ0n) is 14.5. The molecule has 0 aromatic heterocycles. The van der Waals surface area contributed by atoms with Crippen molar-refractivity contribution in [2.75, 3.05) is 13.1 Å². The number of carboxylic acids is 1. The summed E-state index contributed by atoms with van der Waals surface area (Å²) < 4.78 is 14.0. The Bertz CT molecular complexity index is 715. The van der Waals surface area contributed by atoms with Crippen molar-refractivity contribution < 1.29 is 23.9 Å². The summed E-state index contributed by atoms with van der Waals surface area (Å²) >= 11 is 0. The first kappa shape index (κ1) is 18.4. The van der Waals surface area contributed by atoms with Crippen LogP contribution < -0.4 is 5.32 Å². The molecule has 1 atom stereocenters. The maximum atomic E-state index is 14.0. The Balaban J connectivity index is 1.57. The van der Waals surface area contributed by atoms with Crippen molar-refractivity contribution >= 4 is 17.8 Å². The Kier molecular flexibility index (Phi) is 5.54. The van der Waals surface area contributed by atoms with Gasteiger partial charge in [0.1, 0.15) is 5.82 Å². The van der Waals surface area contributed by atoms with Crippen LogP contribution in [0.15, 0.2) is 18.2 Å². The molecule has 1 aromatic rings. The van der Waals surface area contributed by atoms with E-state index in [9.17, 15) is 18.8 Å². The monoisotopic (exact) mass is 362 g/mol. The number of carbonyl (C=O) groups excluding carboxylic acids is 2. The molecule has 26 heavy (non-hydrogen) atoms. The lowest BCUT2D eigenvalue weighted by Crippen LogP contribution is -2.40. The summed E-state index contributed by atoms with van der Waals surface area (Å²) in [7, 11) is 0. The largest absolute Gasteiger partial charge is 0.478 e. The third-order valence-electron chi connectivity index (χ3n) is 5.25. The molecule has 0 spiro atoms. The van der Waals surface area contributed by atoms with Crippen LogP contribution in [0.25, 0.3) is 0 Å². The lowest BCUT2D eigenvalue weighted by molar-refractivity contribution is -0.135. The molecule has 2 amide bonds. The Morgan fingerprint density at radius 2 is 1.85 bits per heavy atom. The summed E-state index contributed by atoms with van der Waals surface area (Å²) in [6.45, 7) is 1.04. The SMILES string of the molecule is O=C(O)c1ccc(C(=O)NC2CCN(C(=O)C3CCCCC3)C2)c(F)c1. The summed E-state index contributed by atoms with van der Waals surface area (Å²) in [5, 5.41) is 11.6. The van der Waals surface area contributed by atoms with Gasteiger partial charge in [-0.2, -0.15) is 0 Å². The fourth-order valence-electron chi connectivity index (χ4n) is 3.78. The van der Waals surface area contributed by atoms with Gasteiger partial charge in [-0.3, -0.25) is 9.59 Å². The third kappa shape index (κ3) is 4.03. The fourth-order valence-corrected chi connectivity index (χ4v) is 3.78. The van der Waals surface area contributed by atoms with Crippen LogP contribution in [0.3, 0.4) is 0 Å². The average Bonchev–Trinajstić information content (AvgIpc) is 3.10. The van der Waals surface area contributed by atoms with Crippen molar-refractivity contribution in [2.24, 2.45) is 5.92 Å². The number of likely N-dealkylation sites (tertiary alicyclic amines) is 1. The van der Waals surface area contributed by atoms with E-state index < -0.39 is 17.7 Å². The number of halogens is 1. The molecule has 140 valence electrons. The number of hydrogen-bond donors (Lipinski definition) is 2. The molecule has 2 fully saturated rings. The predicted molar refractivity (Wildman–Crippen MR) is 92.4 cm³/mol. The summed E-state index contributed by atoms with van der Waals surface area (Å²) in [6.07, 6.45) is 5.89. The first-order chi connectivity index (χ1) is 12.5. The Morgan fingerprint density at radius 3 is 2.50 bits per heavy atom. The van der Waals surface area contributed by atoms with E-state index in [1.165, 1.54) is 18.6 Å². The molecule has 7 heteroatoms. The molecule has 1 unspecified atom stereocenters.